The zero-order valence-corrected chi connectivity index (χ0v) is 10.9. The van der Waals surface area contributed by atoms with Crippen LogP contribution in [0.4, 0.5) is 13.2 Å². The Balaban J connectivity index is 1.79. The zero-order valence-electron chi connectivity index (χ0n) is 10.9. The van der Waals surface area contributed by atoms with E-state index in [0.717, 1.165) is 0 Å². The third kappa shape index (κ3) is 3.83. The van der Waals surface area contributed by atoms with Crippen LogP contribution in [-0.4, -0.2) is 53.1 Å². The fourth-order valence-corrected chi connectivity index (χ4v) is 3.38. The number of nitrogens with zero attached hydrogens (tertiary/aromatic N) is 1. The second kappa shape index (κ2) is 5.97. The highest BCUT2D eigenvalue weighted by Crippen LogP contribution is 2.40. The molecule has 2 aliphatic rings. The van der Waals surface area contributed by atoms with Gasteiger partial charge in [-0.1, -0.05) is 0 Å². The number of hydrogen-bond acceptors (Lipinski definition) is 3. The normalized spacial score (nSPS) is 37.7. The van der Waals surface area contributed by atoms with Crippen LogP contribution in [0.5, 0.6) is 0 Å². The van der Waals surface area contributed by atoms with Crippen LogP contribution in [0.1, 0.15) is 32.1 Å². The van der Waals surface area contributed by atoms with E-state index in [-0.39, 0.29) is 31.4 Å². The van der Waals surface area contributed by atoms with Gasteiger partial charge in [0.15, 0.2) is 0 Å². The first-order chi connectivity index (χ1) is 8.90. The van der Waals surface area contributed by atoms with E-state index in [2.05, 4.69) is 0 Å². The quantitative estimate of drug-likeness (QED) is 0.829. The number of rotatable bonds is 3. The van der Waals surface area contributed by atoms with E-state index in [1.165, 1.54) is 0 Å². The molecule has 0 unspecified atom stereocenters. The largest absolute Gasteiger partial charge is 0.395 e. The SMILES string of the molecule is OC[C@@H]1C[C@H](O)CN1CC1CCC(C(F)(F)F)CC1. The number of aliphatic hydroxyl groups is 2. The van der Waals surface area contributed by atoms with Crippen molar-refractivity contribution in [2.75, 3.05) is 19.7 Å². The third-order valence-corrected chi connectivity index (χ3v) is 4.52. The van der Waals surface area contributed by atoms with Crippen LogP contribution in [0.2, 0.25) is 0 Å². The number of alkyl halides is 3. The molecule has 0 aromatic heterocycles. The van der Waals surface area contributed by atoms with Gasteiger partial charge in [0.1, 0.15) is 0 Å². The van der Waals surface area contributed by atoms with Crippen molar-refractivity contribution in [3.63, 3.8) is 0 Å². The Hall–Kier alpha value is -0.330. The summed E-state index contributed by atoms with van der Waals surface area (Å²) in [6.45, 7) is 1.24. The molecule has 2 fully saturated rings. The molecule has 1 aliphatic heterocycles. The second-order valence-electron chi connectivity index (χ2n) is 5.94. The minimum atomic E-state index is -4.05. The summed E-state index contributed by atoms with van der Waals surface area (Å²) in [7, 11) is 0. The maximum atomic E-state index is 12.6. The molecule has 112 valence electrons. The van der Waals surface area contributed by atoms with E-state index in [0.29, 0.717) is 32.4 Å². The van der Waals surface area contributed by atoms with E-state index >= 15 is 0 Å². The van der Waals surface area contributed by atoms with Gasteiger partial charge in [-0.25, -0.2) is 0 Å². The maximum Gasteiger partial charge on any atom is 0.391 e. The lowest BCUT2D eigenvalue weighted by atomic mass is 9.81. The van der Waals surface area contributed by atoms with E-state index in [1.54, 1.807) is 0 Å². The standard InChI is InChI=1S/C13H22F3NO2/c14-13(15,16)10-3-1-9(2-4-10)6-17-7-12(19)5-11(17)8-18/h9-12,18-19H,1-8H2/t9?,10?,11-,12-/m0/s1. The minimum absolute atomic E-state index is 0.00889. The van der Waals surface area contributed by atoms with Gasteiger partial charge in [-0.05, 0) is 38.0 Å². The van der Waals surface area contributed by atoms with Crippen molar-refractivity contribution in [3.05, 3.63) is 0 Å². The average molecular weight is 281 g/mol. The van der Waals surface area contributed by atoms with Gasteiger partial charge in [-0.2, -0.15) is 13.2 Å². The molecule has 2 N–H and O–H groups in total. The van der Waals surface area contributed by atoms with Crippen LogP contribution in [-0.2, 0) is 0 Å². The molecule has 0 aromatic rings. The molecule has 3 nitrogen and oxygen atoms in total. The van der Waals surface area contributed by atoms with E-state index in [1.807, 2.05) is 4.90 Å². The van der Waals surface area contributed by atoms with Gasteiger partial charge >= 0.3 is 6.18 Å². The molecule has 6 heteroatoms. The fourth-order valence-electron chi connectivity index (χ4n) is 3.38. The molecular weight excluding hydrogens is 259 g/mol. The first kappa shape index (κ1) is 15.1. The Morgan fingerprint density at radius 1 is 1.11 bits per heavy atom. The average Bonchev–Trinajstić information content (AvgIpc) is 2.69. The number of β-amino-alcohol motifs (C(OH)–C–C–N with tert-alkyl or cyclic N) is 1. The Morgan fingerprint density at radius 3 is 2.26 bits per heavy atom. The lowest BCUT2D eigenvalue weighted by Gasteiger charge is -2.33. The van der Waals surface area contributed by atoms with Crippen molar-refractivity contribution < 1.29 is 23.4 Å². The van der Waals surface area contributed by atoms with Crippen LogP contribution < -0.4 is 0 Å². The summed E-state index contributed by atoms with van der Waals surface area (Å²) in [5.74, 6) is -0.875. The van der Waals surface area contributed by atoms with Crippen molar-refractivity contribution >= 4 is 0 Å². The van der Waals surface area contributed by atoms with Crippen LogP contribution in [0.15, 0.2) is 0 Å². The zero-order chi connectivity index (χ0) is 14.0. The van der Waals surface area contributed by atoms with Crippen molar-refractivity contribution in [3.8, 4) is 0 Å². The van der Waals surface area contributed by atoms with Gasteiger partial charge < -0.3 is 10.2 Å². The van der Waals surface area contributed by atoms with Gasteiger partial charge in [-0.3, -0.25) is 4.90 Å². The molecule has 1 saturated carbocycles. The molecule has 0 bridgehead atoms. The van der Waals surface area contributed by atoms with Crippen LogP contribution >= 0.6 is 0 Å². The van der Waals surface area contributed by atoms with Crippen molar-refractivity contribution in [2.24, 2.45) is 11.8 Å². The van der Waals surface area contributed by atoms with E-state index in [4.69, 9.17) is 0 Å². The summed E-state index contributed by atoms with van der Waals surface area (Å²) in [5.41, 5.74) is 0. The number of likely N-dealkylation sites (tertiary alicyclic amines) is 1. The summed E-state index contributed by atoms with van der Waals surface area (Å²) in [6, 6.07) is -0.0321. The van der Waals surface area contributed by atoms with Gasteiger partial charge in [0.25, 0.3) is 0 Å². The van der Waals surface area contributed by atoms with E-state index < -0.39 is 18.2 Å². The Bertz CT molecular complexity index is 290. The molecule has 1 heterocycles. The lowest BCUT2D eigenvalue weighted by Crippen LogP contribution is -2.38. The highest BCUT2D eigenvalue weighted by molar-refractivity contribution is 4.87. The predicted octanol–water partition coefficient (Wildman–Crippen LogP) is 1.78. The highest BCUT2D eigenvalue weighted by atomic mass is 19.4. The third-order valence-electron chi connectivity index (χ3n) is 4.52. The molecule has 0 aromatic carbocycles. The first-order valence-corrected chi connectivity index (χ1v) is 6.99. The van der Waals surface area contributed by atoms with Crippen molar-refractivity contribution in [2.45, 2.75) is 50.4 Å². The highest BCUT2D eigenvalue weighted by Gasteiger charge is 2.42. The summed E-state index contributed by atoms with van der Waals surface area (Å²) in [5, 5.41) is 18.8. The second-order valence-corrected chi connectivity index (χ2v) is 5.94. The Kier molecular flexibility index (Phi) is 4.74. The molecule has 2 rings (SSSR count). The predicted molar refractivity (Wildman–Crippen MR) is 64.6 cm³/mol. The Morgan fingerprint density at radius 2 is 1.74 bits per heavy atom. The molecule has 0 radical (unpaired) electrons. The monoisotopic (exact) mass is 281 g/mol. The Labute approximate surface area is 111 Å². The molecule has 2 atom stereocenters. The molecule has 1 aliphatic carbocycles. The summed E-state index contributed by atoms with van der Waals surface area (Å²) >= 11 is 0. The first-order valence-electron chi connectivity index (χ1n) is 6.99. The van der Waals surface area contributed by atoms with Crippen molar-refractivity contribution in [1.82, 2.24) is 4.90 Å². The number of halogens is 3. The summed E-state index contributed by atoms with van der Waals surface area (Å²) in [6.07, 6.45) is -2.28. The fraction of sp³-hybridized carbons (Fsp3) is 1.00. The molecular formula is C13H22F3NO2. The lowest BCUT2D eigenvalue weighted by molar-refractivity contribution is -0.184. The number of aliphatic hydroxyl groups excluding tert-OH is 2. The molecule has 19 heavy (non-hydrogen) atoms. The van der Waals surface area contributed by atoms with Crippen LogP contribution in [0, 0.1) is 11.8 Å². The summed E-state index contributed by atoms with van der Waals surface area (Å²) in [4.78, 5) is 2.03. The van der Waals surface area contributed by atoms with E-state index in [9.17, 15) is 23.4 Å². The van der Waals surface area contributed by atoms with Crippen LogP contribution in [0.25, 0.3) is 0 Å². The van der Waals surface area contributed by atoms with Gasteiger partial charge in [-0.15, -0.1) is 0 Å². The van der Waals surface area contributed by atoms with Gasteiger partial charge in [0.2, 0.25) is 0 Å². The van der Waals surface area contributed by atoms with Crippen molar-refractivity contribution in [1.29, 1.82) is 0 Å². The smallest absolute Gasteiger partial charge is 0.391 e. The topological polar surface area (TPSA) is 43.7 Å². The number of hydrogen-bond donors (Lipinski definition) is 2. The molecule has 0 amide bonds. The van der Waals surface area contributed by atoms with Crippen LogP contribution in [0.3, 0.4) is 0 Å². The summed E-state index contributed by atoms with van der Waals surface area (Å²) < 4.78 is 37.7. The van der Waals surface area contributed by atoms with Gasteiger partial charge in [0.05, 0.1) is 18.6 Å². The minimum Gasteiger partial charge on any atom is -0.395 e. The van der Waals surface area contributed by atoms with Gasteiger partial charge in [0, 0.05) is 19.1 Å². The maximum absolute atomic E-state index is 12.6. The molecule has 0 spiro atoms. The molecule has 1 saturated heterocycles.